The average molecular weight is 747 g/mol. The number of aliphatic hydroxyl groups is 1. The summed E-state index contributed by atoms with van der Waals surface area (Å²) in [6.07, 6.45) is 11.2. The molecule has 4 nitrogen and oxygen atoms in total. The molecule has 2 unspecified atom stereocenters. The van der Waals surface area contributed by atoms with Crippen LogP contribution in [0.1, 0.15) is 93.4 Å². The van der Waals surface area contributed by atoms with Crippen LogP contribution in [0.4, 0.5) is 0 Å². The second-order valence-corrected chi connectivity index (χ2v) is 15.3. The molecule has 0 bridgehead atoms. The summed E-state index contributed by atoms with van der Waals surface area (Å²) in [7, 11) is 0. The minimum atomic E-state index is -0.896. The molecular formula is C52H58O4. The summed E-state index contributed by atoms with van der Waals surface area (Å²) < 4.78 is 19.7. The first kappa shape index (κ1) is 39.6. The number of aliphatic hydroxyl groups excluding tert-OH is 1. The standard InChI is InChI=1S/C52H58O4/c1-2-3-4-5-6-7-17-30-49(54-37-19-18-21-40-31-32-43-34-33-41-22-20-23-42-35-36-48(40)51(43)50(41)42)55-38-47(53)39-56-52(44-24-11-8-12-25-44,45-26-13-9-14-27-45)46-28-15-10-16-29-46/h8-16,20,22-29,31-36,47,49,53H,2-7,17-19,21,30,37-39H2,1H3. The van der Waals surface area contributed by atoms with Crippen LogP contribution in [-0.2, 0) is 26.2 Å². The van der Waals surface area contributed by atoms with Gasteiger partial charge in [-0.25, -0.2) is 0 Å². The van der Waals surface area contributed by atoms with Gasteiger partial charge in [0.1, 0.15) is 11.7 Å². The van der Waals surface area contributed by atoms with E-state index in [1.165, 1.54) is 76.4 Å². The summed E-state index contributed by atoms with van der Waals surface area (Å²) in [5.41, 5.74) is 3.52. The van der Waals surface area contributed by atoms with E-state index < -0.39 is 11.7 Å². The molecule has 4 heteroatoms. The van der Waals surface area contributed by atoms with E-state index in [0.29, 0.717) is 6.61 Å². The van der Waals surface area contributed by atoms with Crippen LogP contribution >= 0.6 is 0 Å². The highest BCUT2D eigenvalue weighted by Crippen LogP contribution is 2.41. The van der Waals surface area contributed by atoms with Crippen molar-refractivity contribution < 1.29 is 19.3 Å². The first-order valence-electron chi connectivity index (χ1n) is 21.0. The van der Waals surface area contributed by atoms with E-state index in [0.717, 1.165) is 48.8 Å². The van der Waals surface area contributed by atoms with Gasteiger partial charge in [0, 0.05) is 6.61 Å². The van der Waals surface area contributed by atoms with Gasteiger partial charge in [-0.05, 0) is 86.7 Å². The van der Waals surface area contributed by atoms with Gasteiger partial charge < -0.3 is 19.3 Å². The first-order valence-corrected chi connectivity index (χ1v) is 21.0. The van der Waals surface area contributed by atoms with Crippen LogP contribution in [-0.4, -0.2) is 37.3 Å². The van der Waals surface area contributed by atoms with Crippen molar-refractivity contribution >= 4 is 32.3 Å². The first-order chi connectivity index (χ1) is 27.7. The zero-order valence-corrected chi connectivity index (χ0v) is 33.1. The molecule has 0 saturated carbocycles. The van der Waals surface area contributed by atoms with Crippen molar-refractivity contribution in [3.8, 4) is 0 Å². The maximum Gasteiger partial charge on any atom is 0.157 e. The highest BCUT2D eigenvalue weighted by molar-refractivity contribution is 6.23. The van der Waals surface area contributed by atoms with Gasteiger partial charge in [-0.3, -0.25) is 0 Å². The highest BCUT2D eigenvalue weighted by atomic mass is 16.7. The molecular weight excluding hydrogens is 689 g/mol. The molecule has 0 heterocycles. The van der Waals surface area contributed by atoms with Gasteiger partial charge in [0.25, 0.3) is 0 Å². The van der Waals surface area contributed by atoms with Crippen LogP contribution in [0.3, 0.4) is 0 Å². The Morgan fingerprint density at radius 3 is 1.68 bits per heavy atom. The minimum Gasteiger partial charge on any atom is -0.388 e. The van der Waals surface area contributed by atoms with E-state index in [4.69, 9.17) is 14.2 Å². The van der Waals surface area contributed by atoms with Crippen LogP contribution in [0.5, 0.6) is 0 Å². The monoisotopic (exact) mass is 746 g/mol. The van der Waals surface area contributed by atoms with Crippen molar-refractivity contribution in [2.75, 3.05) is 19.8 Å². The molecule has 7 aromatic rings. The number of benzene rings is 7. The normalized spacial score (nSPS) is 13.2. The molecule has 0 saturated heterocycles. The second kappa shape index (κ2) is 20.0. The maximum atomic E-state index is 11.4. The van der Waals surface area contributed by atoms with E-state index in [1.807, 2.05) is 54.6 Å². The third-order valence-corrected chi connectivity index (χ3v) is 11.3. The van der Waals surface area contributed by atoms with E-state index in [-0.39, 0.29) is 19.5 Å². The average Bonchev–Trinajstić information content (AvgIpc) is 3.25. The fraction of sp³-hybridized carbons (Fsp3) is 0.346. The summed E-state index contributed by atoms with van der Waals surface area (Å²) in [6.45, 7) is 3.12. The number of unbranched alkanes of at least 4 members (excludes halogenated alkanes) is 7. The third-order valence-electron chi connectivity index (χ3n) is 11.3. The number of hydrogen-bond donors (Lipinski definition) is 1. The van der Waals surface area contributed by atoms with Gasteiger partial charge in [-0.2, -0.15) is 0 Å². The predicted octanol–water partition coefficient (Wildman–Crippen LogP) is 12.8. The lowest BCUT2D eigenvalue weighted by molar-refractivity contribution is -0.170. The van der Waals surface area contributed by atoms with Gasteiger partial charge in [0.15, 0.2) is 6.29 Å². The summed E-state index contributed by atoms with van der Waals surface area (Å²) in [5, 5.41) is 19.4. The van der Waals surface area contributed by atoms with Crippen LogP contribution in [0.2, 0.25) is 0 Å². The van der Waals surface area contributed by atoms with Gasteiger partial charge in [-0.15, -0.1) is 0 Å². The van der Waals surface area contributed by atoms with Crippen molar-refractivity contribution in [3.05, 3.63) is 168 Å². The Bertz CT molecular complexity index is 2070. The smallest absolute Gasteiger partial charge is 0.157 e. The van der Waals surface area contributed by atoms with Gasteiger partial charge in [0.05, 0.1) is 13.2 Å². The number of hydrogen-bond acceptors (Lipinski definition) is 4. The lowest BCUT2D eigenvalue weighted by Gasteiger charge is -2.36. The molecule has 0 fully saturated rings. The Balaban J connectivity index is 0.974. The lowest BCUT2D eigenvalue weighted by atomic mass is 9.80. The molecule has 0 radical (unpaired) electrons. The summed E-state index contributed by atoms with van der Waals surface area (Å²) in [5.74, 6) is 0. The van der Waals surface area contributed by atoms with E-state index in [2.05, 4.69) is 97.9 Å². The zero-order valence-electron chi connectivity index (χ0n) is 33.1. The van der Waals surface area contributed by atoms with E-state index in [1.54, 1.807) is 0 Å². The van der Waals surface area contributed by atoms with E-state index >= 15 is 0 Å². The summed E-state index contributed by atoms with van der Waals surface area (Å²) in [4.78, 5) is 0. The van der Waals surface area contributed by atoms with Gasteiger partial charge in [0.2, 0.25) is 0 Å². The number of ether oxygens (including phenoxy) is 3. The molecule has 0 spiro atoms. The van der Waals surface area contributed by atoms with Crippen LogP contribution in [0.25, 0.3) is 32.3 Å². The van der Waals surface area contributed by atoms with Crippen molar-refractivity contribution in [2.24, 2.45) is 0 Å². The third kappa shape index (κ3) is 9.50. The quantitative estimate of drug-likeness (QED) is 0.0306. The summed E-state index contributed by atoms with van der Waals surface area (Å²) in [6, 6.07) is 51.1. The van der Waals surface area contributed by atoms with Crippen molar-refractivity contribution in [2.45, 2.75) is 95.5 Å². The molecule has 0 aromatic heterocycles. The molecule has 2 atom stereocenters. The lowest BCUT2D eigenvalue weighted by Crippen LogP contribution is -2.37. The highest BCUT2D eigenvalue weighted by Gasteiger charge is 2.38. The topological polar surface area (TPSA) is 47.9 Å². The molecule has 7 aromatic carbocycles. The number of rotatable bonds is 23. The zero-order chi connectivity index (χ0) is 38.4. The molecule has 56 heavy (non-hydrogen) atoms. The Labute approximate surface area is 333 Å². The number of aryl methyl sites for hydroxylation is 1. The Morgan fingerprint density at radius 1 is 0.500 bits per heavy atom. The second-order valence-electron chi connectivity index (χ2n) is 15.3. The molecule has 0 aliphatic carbocycles. The summed E-state index contributed by atoms with van der Waals surface area (Å²) >= 11 is 0. The van der Waals surface area contributed by atoms with Gasteiger partial charge in [-0.1, -0.05) is 191 Å². The molecule has 0 aliphatic heterocycles. The maximum absolute atomic E-state index is 11.4. The SMILES string of the molecule is CCCCCCCCCC(OCCCCc1ccc2ccc3cccc4ccc1c2c34)OCC(O)COC(c1ccccc1)(c1ccccc1)c1ccccc1. The Morgan fingerprint density at radius 2 is 1.05 bits per heavy atom. The predicted molar refractivity (Wildman–Crippen MR) is 233 cm³/mol. The molecule has 1 N–H and O–H groups in total. The van der Waals surface area contributed by atoms with Crippen molar-refractivity contribution in [1.82, 2.24) is 0 Å². The van der Waals surface area contributed by atoms with Gasteiger partial charge >= 0.3 is 0 Å². The Hall–Kier alpha value is -4.58. The van der Waals surface area contributed by atoms with E-state index in [9.17, 15) is 5.11 Å². The van der Waals surface area contributed by atoms with Crippen LogP contribution in [0.15, 0.2) is 146 Å². The van der Waals surface area contributed by atoms with Crippen molar-refractivity contribution in [1.29, 1.82) is 0 Å². The molecule has 0 aliphatic rings. The largest absolute Gasteiger partial charge is 0.388 e. The fourth-order valence-electron chi connectivity index (χ4n) is 8.39. The van der Waals surface area contributed by atoms with Crippen molar-refractivity contribution in [3.63, 3.8) is 0 Å². The molecule has 290 valence electrons. The van der Waals surface area contributed by atoms with Crippen LogP contribution < -0.4 is 0 Å². The Kier molecular flexibility index (Phi) is 14.2. The fourth-order valence-corrected chi connectivity index (χ4v) is 8.39. The molecule has 7 rings (SSSR count). The minimum absolute atomic E-state index is 0.0994. The van der Waals surface area contributed by atoms with Crippen LogP contribution in [0, 0.1) is 0 Å². The molecule has 0 amide bonds.